The number of carbonyl (C=O) groups excluding carboxylic acids is 1. The highest BCUT2D eigenvalue weighted by Crippen LogP contribution is 2.28. The van der Waals surface area contributed by atoms with Crippen LogP contribution in [0.5, 0.6) is 0 Å². The molecule has 1 aliphatic rings. The maximum atomic E-state index is 12.5. The highest BCUT2D eigenvalue weighted by molar-refractivity contribution is 5.98. The van der Waals surface area contributed by atoms with Gasteiger partial charge in [0.05, 0.1) is 11.3 Å². The summed E-state index contributed by atoms with van der Waals surface area (Å²) >= 11 is 0. The number of halogens is 2. The van der Waals surface area contributed by atoms with Crippen molar-refractivity contribution in [1.29, 1.82) is 0 Å². The van der Waals surface area contributed by atoms with Crippen LogP contribution in [0.1, 0.15) is 22.5 Å². The Morgan fingerprint density at radius 3 is 2.87 bits per heavy atom. The lowest BCUT2D eigenvalue weighted by molar-refractivity contribution is 0.0591. The van der Waals surface area contributed by atoms with Crippen molar-refractivity contribution in [3.63, 3.8) is 0 Å². The maximum absolute atomic E-state index is 12.5. The Morgan fingerprint density at radius 1 is 1.47 bits per heavy atom. The Morgan fingerprint density at radius 2 is 2.20 bits per heavy atom. The van der Waals surface area contributed by atoms with E-state index in [2.05, 4.69) is 9.97 Å². The van der Waals surface area contributed by atoms with Crippen molar-refractivity contribution >= 4 is 11.7 Å². The standard InChI is InChI=1S/C9H9F2N3O/c10-8(11)4-1-6-5(7(15)2-4)3-13-9(12)14-6/h3-4,8H,1-2H2,(H2,12,13,14)/t4-/m1/s1. The molecule has 15 heavy (non-hydrogen) atoms. The maximum Gasteiger partial charge on any atom is 0.242 e. The van der Waals surface area contributed by atoms with Gasteiger partial charge in [0.2, 0.25) is 12.4 Å². The number of nitrogens with zero attached hydrogens (tertiary/aromatic N) is 2. The van der Waals surface area contributed by atoms with Crippen molar-refractivity contribution in [3.05, 3.63) is 17.5 Å². The largest absolute Gasteiger partial charge is 0.368 e. The second-order valence-electron chi connectivity index (χ2n) is 3.51. The number of nitrogens with two attached hydrogens (primary N) is 1. The smallest absolute Gasteiger partial charge is 0.242 e. The first-order valence-electron chi connectivity index (χ1n) is 4.50. The number of fused-ring (bicyclic) bond motifs is 1. The van der Waals surface area contributed by atoms with Crippen LogP contribution in [0.2, 0.25) is 0 Å². The van der Waals surface area contributed by atoms with Crippen LogP contribution in [-0.2, 0) is 6.42 Å². The summed E-state index contributed by atoms with van der Waals surface area (Å²) in [5.74, 6) is -1.27. The van der Waals surface area contributed by atoms with Crippen LogP contribution in [-0.4, -0.2) is 22.2 Å². The van der Waals surface area contributed by atoms with Crippen LogP contribution in [0, 0.1) is 5.92 Å². The Hall–Kier alpha value is -1.59. The molecule has 0 amide bonds. The van der Waals surface area contributed by atoms with Gasteiger partial charge in [-0.05, 0) is 6.42 Å². The molecule has 0 unspecified atom stereocenters. The van der Waals surface area contributed by atoms with E-state index in [0.29, 0.717) is 11.3 Å². The third-order valence-corrected chi connectivity index (χ3v) is 2.45. The van der Waals surface area contributed by atoms with Crippen molar-refractivity contribution in [2.45, 2.75) is 19.3 Å². The fourth-order valence-electron chi connectivity index (χ4n) is 1.67. The van der Waals surface area contributed by atoms with Gasteiger partial charge in [-0.1, -0.05) is 0 Å². The van der Waals surface area contributed by atoms with E-state index in [1.54, 1.807) is 0 Å². The normalized spacial score (nSPS) is 20.5. The average molecular weight is 213 g/mol. The van der Waals surface area contributed by atoms with E-state index in [0.717, 1.165) is 0 Å². The molecule has 80 valence electrons. The molecule has 2 rings (SSSR count). The van der Waals surface area contributed by atoms with Crippen LogP contribution < -0.4 is 5.73 Å². The molecule has 6 heteroatoms. The van der Waals surface area contributed by atoms with Gasteiger partial charge in [-0.2, -0.15) is 0 Å². The fraction of sp³-hybridized carbons (Fsp3) is 0.444. The van der Waals surface area contributed by atoms with E-state index in [4.69, 9.17) is 5.73 Å². The zero-order valence-electron chi connectivity index (χ0n) is 7.78. The summed E-state index contributed by atoms with van der Waals surface area (Å²) in [6.45, 7) is 0. The molecule has 1 aliphatic carbocycles. The molecule has 1 aromatic heterocycles. The SMILES string of the molecule is Nc1ncc2c(n1)C[C@@H](C(F)F)CC2=O. The Bertz CT molecular complexity index is 408. The molecular formula is C9H9F2N3O. The van der Waals surface area contributed by atoms with E-state index >= 15 is 0 Å². The highest BCUT2D eigenvalue weighted by atomic mass is 19.3. The lowest BCUT2D eigenvalue weighted by Crippen LogP contribution is -2.26. The Kier molecular flexibility index (Phi) is 2.34. The molecule has 0 fully saturated rings. The predicted octanol–water partition coefficient (Wildman–Crippen LogP) is 1.07. The van der Waals surface area contributed by atoms with Gasteiger partial charge in [-0.15, -0.1) is 0 Å². The van der Waals surface area contributed by atoms with E-state index in [-0.39, 0.29) is 24.6 Å². The number of hydrogen-bond donors (Lipinski definition) is 1. The summed E-state index contributed by atoms with van der Waals surface area (Å²) in [4.78, 5) is 18.9. The third kappa shape index (κ3) is 1.79. The summed E-state index contributed by atoms with van der Waals surface area (Å²) in [5, 5.41) is 0. The second kappa shape index (κ2) is 3.52. The second-order valence-corrected chi connectivity index (χ2v) is 3.51. The molecule has 4 nitrogen and oxygen atoms in total. The van der Waals surface area contributed by atoms with Gasteiger partial charge in [0.25, 0.3) is 0 Å². The lowest BCUT2D eigenvalue weighted by atomic mass is 9.87. The van der Waals surface area contributed by atoms with Gasteiger partial charge < -0.3 is 5.73 Å². The van der Waals surface area contributed by atoms with Crippen molar-refractivity contribution < 1.29 is 13.6 Å². The van der Waals surface area contributed by atoms with Crippen LogP contribution in [0.25, 0.3) is 0 Å². The van der Waals surface area contributed by atoms with E-state index in [9.17, 15) is 13.6 Å². The first-order valence-corrected chi connectivity index (χ1v) is 4.50. The molecule has 0 spiro atoms. The van der Waals surface area contributed by atoms with E-state index in [1.807, 2.05) is 0 Å². The summed E-state index contributed by atoms with van der Waals surface area (Å²) in [7, 11) is 0. The molecule has 0 bridgehead atoms. The van der Waals surface area contributed by atoms with Gasteiger partial charge in [0, 0.05) is 18.5 Å². The quantitative estimate of drug-likeness (QED) is 0.757. The topological polar surface area (TPSA) is 68.9 Å². The molecule has 1 heterocycles. The molecule has 0 saturated carbocycles. The number of aromatic nitrogens is 2. The summed E-state index contributed by atoms with van der Waals surface area (Å²) < 4.78 is 24.9. The number of Topliss-reactive ketones (excluding diaryl/α,β-unsaturated/α-hetero) is 1. The fourth-order valence-corrected chi connectivity index (χ4v) is 1.67. The summed E-state index contributed by atoms with van der Waals surface area (Å²) in [5.41, 5.74) is 5.99. The van der Waals surface area contributed by atoms with Crippen molar-refractivity contribution in [2.24, 2.45) is 5.92 Å². The number of carbonyl (C=O) groups is 1. The molecular weight excluding hydrogens is 204 g/mol. The van der Waals surface area contributed by atoms with Gasteiger partial charge in [-0.3, -0.25) is 4.79 Å². The minimum Gasteiger partial charge on any atom is -0.368 e. The van der Waals surface area contributed by atoms with Crippen molar-refractivity contribution in [3.8, 4) is 0 Å². The number of alkyl halides is 2. The molecule has 0 aromatic carbocycles. The molecule has 2 N–H and O–H groups in total. The first-order chi connectivity index (χ1) is 7.08. The van der Waals surface area contributed by atoms with E-state index in [1.165, 1.54) is 6.20 Å². The minimum atomic E-state index is -2.50. The molecule has 0 saturated heterocycles. The predicted molar refractivity (Wildman–Crippen MR) is 48.6 cm³/mol. The average Bonchev–Trinajstić information content (AvgIpc) is 2.16. The number of anilines is 1. The van der Waals surface area contributed by atoms with Gasteiger partial charge in [0.1, 0.15) is 0 Å². The highest BCUT2D eigenvalue weighted by Gasteiger charge is 2.32. The Labute approximate surface area is 84.5 Å². The summed E-state index contributed by atoms with van der Waals surface area (Å²) in [6, 6.07) is 0. The van der Waals surface area contributed by atoms with Crippen LogP contribution in [0.4, 0.5) is 14.7 Å². The van der Waals surface area contributed by atoms with Crippen LogP contribution in [0.3, 0.4) is 0 Å². The monoisotopic (exact) mass is 213 g/mol. The van der Waals surface area contributed by atoms with Crippen molar-refractivity contribution in [2.75, 3.05) is 5.73 Å². The minimum absolute atomic E-state index is 0.0106. The first kappa shape index (κ1) is 9.95. The van der Waals surface area contributed by atoms with Gasteiger partial charge in [-0.25, -0.2) is 18.7 Å². The zero-order chi connectivity index (χ0) is 11.0. The lowest BCUT2D eigenvalue weighted by Gasteiger charge is -2.21. The van der Waals surface area contributed by atoms with Gasteiger partial charge >= 0.3 is 0 Å². The third-order valence-electron chi connectivity index (χ3n) is 2.45. The molecule has 1 aromatic rings. The summed E-state index contributed by atoms with van der Waals surface area (Å²) in [6.07, 6.45) is -1.25. The number of ketones is 1. The van der Waals surface area contributed by atoms with Crippen LogP contribution in [0.15, 0.2) is 6.20 Å². The number of rotatable bonds is 1. The van der Waals surface area contributed by atoms with E-state index < -0.39 is 12.3 Å². The van der Waals surface area contributed by atoms with Gasteiger partial charge in [0.15, 0.2) is 5.78 Å². The number of hydrogen-bond acceptors (Lipinski definition) is 4. The number of nitrogen functional groups attached to an aromatic ring is 1. The molecule has 1 atom stereocenters. The van der Waals surface area contributed by atoms with Crippen LogP contribution >= 0.6 is 0 Å². The Balaban J connectivity index is 2.37. The zero-order valence-corrected chi connectivity index (χ0v) is 7.78. The van der Waals surface area contributed by atoms with Crippen molar-refractivity contribution in [1.82, 2.24) is 9.97 Å². The molecule has 0 aliphatic heterocycles. The molecule has 0 radical (unpaired) electrons.